The molecule has 0 aromatic heterocycles. The van der Waals surface area contributed by atoms with Crippen molar-refractivity contribution in [2.75, 3.05) is 0 Å². The highest BCUT2D eigenvalue weighted by molar-refractivity contribution is 7.92. The number of fused-ring (bicyclic) bond motifs is 1. The minimum absolute atomic E-state index is 0.254. The molecule has 0 fully saturated rings. The minimum atomic E-state index is -3.58. The second-order valence-corrected chi connectivity index (χ2v) is 18.6. The number of hydrogen-bond donors (Lipinski definition) is 0. The number of benzene rings is 2. The number of aryl methyl sites for hydroxylation is 1. The van der Waals surface area contributed by atoms with Crippen LogP contribution in [0.2, 0.25) is 0 Å². The Balaban J connectivity index is 1.88. The molecule has 0 saturated heterocycles. The first-order valence-corrected chi connectivity index (χ1v) is 18.9. The number of hydrogen-bond acceptors (Lipinski definition) is 5. The van der Waals surface area contributed by atoms with Gasteiger partial charge in [-0.15, -0.1) is 0 Å². The van der Waals surface area contributed by atoms with E-state index in [-0.39, 0.29) is 16.8 Å². The van der Waals surface area contributed by atoms with Crippen LogP contribution < -0.4 is 9.47 Å². The fourth-order valence-electron chi connectivity index (χ4n) is 6.53. The lowest BCUT2D eigenvalue weighted by atomic mass is 9.75. The van der Waals surface area contributed by atoms with E-state index in [0.29, 0.717) is 23.5 Å². The fourth-order valence-corrected chi connectivity index (χ4v) is 8.29. The second kappa shape index (κ2) is 15.2. The zero-order valence-corrected chi connectivity index (χ0v) is 32.7. The third-order valence-electron chi connectivity index (χ3n) is 9.06. The first kappa shape index (κ1) is 39.3. The van der Waals surface area contributed by atoms with E-state index in [1.807, 2.05) is 39.0 Å². The summed E-state index contributed by atoms with van der Waals surface area (Å²) in [5.74, 6) is 1.20. The summed E-state index contributed by atoms with van der Waals surface area (Å²) in [7, 11) is -3.58. The number of carbonyl (C=O) groups excluding carboxylic acids is 1. The molecule has 1 heterocycles. The molecule has 1 aliphatic heterocycles. The summed E-state index contributed by atoms with van der Waals surface area (Å²) in [5, 5.41) is -0.643. The average molecular weight is 677 g/mol. The highest BCUT2D eigenvalue weighted by Gasteiger charge is 2.41. The molecule has 0 N–H and O–H groups in total. The summed E-state index contributed by atoms with van der Waals surface area (Å²) in [5.41, 5.74) is 6.57. The van der Waals surface area contributed by atoms with Crippen LogP contribution in [0.5, 0.6) is 11.5 Å². The maximum atomic E-state index is 13.9. The molecule has 1 aliphatic rings. The SMILES string of the molecule is CC(=O)Oc1c(C(C)(C)C)cc2c(c1C(C)(C)C)CC(C)(CCC=C(C)CC(C=C(C)CCC=C(C)C)S(=O)(=O)c1ccc(C)cc1)O2. The Kier molecular flexibility index (Phi) is 12.4. The Labute approximate surface area is 291 Å². The molecule has 0 aliphatic carbocycles. The van der Waals surface area contributed by atoms with E-state index in [9.17, 15) is 13.2 Å². The van der Waals surface area contributed by atoms with E-state index in [1.54, 1.807) is 12.1 Å². The van der Waals surface area contributed by atoms with Crippen molar-refractivity contribution in [1.82, 2.24) is 0 Å². The molecule has 2 atom stereocenters. The Hall–Kier alpha value is -3.12. The van der Waals surface area contributed by atoms with Gasteiger partial charge in [-0.2, -0.15) is 0 Å². The van der Waals surface area contributed by atoms with E-state index in [1.165, 1.54) is 12.5 Å². The van der Waals surface area contributed by atoms with Gasteiger partial charge in [0, 0.05) is 30.0 Å². The molecule has 0 amide bonds. The quantitative estimate of drug-likeness (QED) is 0.127. The topological polar surface area (TPSA) is 69.7 Å². The summed E-state index contributed by atoms with van der Waals surface area (Å²) >= 11 is 0. The molecule has 48 heavy (non-hydrogen) atoms. The zero-order chi connectivity index (χ0) is 36.2. The first-order chi connectivity index (χ1) is 22.0. The molecule has 2 unspecified atom stereocenters. The first-order valence-electron chi connectivity index (χ1n) is 17.4. The van der Waals surface area contributed by atoms with Gasteiger partial charge in [0.05, 0.1) is 10.1 Å². The van der Waals surface area contributed by atoms with Crippen LogP contribution in [-0.4, -0.2) is 25.2 Å². The lowest BCUT2D eigenvalue weighted by Gasteiger charge is -2.30. The summed E-state index contributed by atoms with van der Waals surface area (Å²) in [6, 6.07) is 9.25. The van der Waals surface area contributed by atoms with Crippen LogP contribution in [-0.2, 0) is 31.9 Å². The average Bonchev–Trinajstić information content (AvgIpc) is 3.26. The van der Waals surface area contributed by atoms with E-state index in [4.69, 9.17) is 9.47 Å². The lowest BCUT2D eigenvalue weighted by molar-refractivity contribution is -0.132. The Morgan fingerprint density at radius 2 is 1.56 bits per heavy atom. The number of sulfone groups is 1. The fraction of sp³-hybridized carbons (Fsp3) is 0.548. The molecule has 5 nitrogen and oxygen atoms in total. The molecule has 3 rings (SSSR count). The molecule has 2 aromatic carbocycles. The number of rotatable bonds is 12. The van der Waals surface area contributed by atoms with Gasteiger partial charge >= 0.3 is 5.97 Å². The largest absolute Gasteiger partial charge is 0.487 e. The standard InChI is InChI=1S/C42H60O5S/c1-28(2)16-14-17-30(4)24-34(48(44,45)33-21-19-29(3)20-22-33)25-31(5)18-15-23-42(13)27-35-37(47-42)26-36(40(7,8)9)39(46-32(6)43)38(35)41(10,11)12/h16,18-22,24,26,34H,14-15,17,23,25,27H2,1-13H3. The summed E-state index contributed by atoms with van der Waals surface area (Å²) in [6.45, 7) is 26.7. The van der Waals surface area contributed by atoms with Gasteiger partial charge < -0.3 is 9.47 Å². The maximum Gasteiger partial charge on any atom is 0.308 e. The van der Waals surface area contributed by atoms with E-state index >= 15 is 0 Å². The van der Waals surface area contributed by atoms with E-state index in [0.717, 1.165) is 64.8 Å². The third-order valence-corrected chi connectivity index (χ3v) is 11.1. The van der Waals surface area contributed by atoms with Crippen LogP contribution in [0.1, 0.15) is 137 Å². The highest BCUT2D eigenvalue weighted by atomic mass is 32.2. The van der Waals surface area contributed by atoms with Gasteiger partial charge in [-0.3, -0.25) is 4.79 Å². The Bertz CT molecular complexity index is 1670. The molecule has 0 bridgehead atoms. The monoisotopic (exact) mass is 676 g/mol. The molecule has 6 heteroatoms. The predicted molar refractivity (Wildman–Crippen MR) is 200 cm³/mol. The predicted octanol–water partition coefficient (Wildman–Crippen LogP) is 10.9. The maximum absolute atomic E-state index is 13.9. The van der Waals surface area contributed by atoms with Crippen LogP contribution in [0.4, 0.5) is 0 Å². The number of carbonyl (C=O) groups is 1. The van der Waals surface area contributed by atoms with Crippen LogP contribution >= 0.6 is 0 Å². The number of allylic oxidation sites excluding steroid dienone is 5. The van der Waals surface area contributed by atoms with Gasteiger partial charge in [0.2, 0.25) is 0 Å². The van der Waals surface area contributed by atoms with Gasteiger partial charge in [0.15, 0.2) is 9.84 Å². The van der Waals surface area contributed by atoms with Gasteiger partial charge in [-0.1, -0.05) is 94.2 Å². The summed E-state index contributed by atoms with van der Waals surface area (Å²) < 4.78 is 40.5. The van der Waals surface area contributed by atoms with Crippen molar-refractivity contribution < 1.29 is 22.7 Å². The number of esters is 1. The molecule has 0 radical (unpaired) electrons. The van der Waals surface area contributed by atoms with Gasteiger partial charge in [-0.05, 0) is 103 Å². The van der Waals surface area contributed by atoms with Crippen LogP contribution in [0, 0.1) is 6.92 Å². The van der Waals surface area contributed by atoms with E-state index in [2.05, 4.69) is 80.5 Å². The molecule has 2 aromatic rings. The van der Waals surface area contributed by atoms with E-state index < -0.39 is 20.7 Å². The third kappa shape index (κ3) is 10.2. The van der Waals surface area contributed by atoms with Gasteiger partial charge in [0.25, 0.3) is 0 Å². The highest BCUT2D eigenvalue weighted by Crippen LogP contribution is 2.51. The number of ether oxygens (including phenoxy) is 2. The summed E-state index contributed by atoms with van der Waals surface area (Å²) in [4.78, 5) is 12.6. The van der Waals surface area contributed by atoms with Crippen molar-refractivity contribution in [1.29, 1.82) is 0 Å². The van der Waals surface area contributed by atoms with Gasteiger partial charge in [-0.25, -0.2) is 8.42 Å². The lowest BCUT2D eigenvalue weighted by Crippen LogP contribution is -2.30. The van der Waals surface area contributed by atoms with Crippen LogP contribution in [0.15, 0.2) is 70.2 Å². The summed E-state index contributed by atoms with van der Waals surface area (Å²) in [6.07, 6.45) is 10.7. The minimum Gasteiger partial charge on any atom is -0.487 e. The van der Waals surface area contributed by atoms with Crippen molar-refractivity contribution in [2.24, 2.45) is 0 Å². The Morgan fingerprint density at radius 3 is 2.10 bits per heavy atom. The van der Waals surface area contributed by atoms with Crippen molar-refractivity contribution in [3.63, 3.8) is 0 Å². The molecule has 0 spiro atoms. The normalized spacial score (nSPS) is 17.9. The van der Waals surface area contributed by atoms with Crippen molar-refractivity contribution in [2.45, 2.75) is 155 Å². The van der Waals surface area contributed by atoms with Crippen molar-refractivity contribution >= 4 is 15.8 Å². The smallest absolute Gasteiger partial charge is 0.308 e. The van der Waals surface area contributed by atoms with Crippen molar-refractivity contribution in [3.05, 3.63) is 87.5 Å². The van der Waals surface area contributed by atoms with Gasteiger partial charge in [0.1, 0.15) is 17.1 Å². The van der Waals surface area contributed by atoms with Crippen LogP contribution in [0.3, 0.4) is 0 Å². The molecular weight excluding hydrogens is 617 g/mol. The zero-order valence-electron chi connectivity index (χ0n) is 31.9. The molecular formula is C42H60O5S. The van der Waals surface area contributed by atoms with Crippen molar-refractivity contribution in [3.8, 4) is 11.5 Å². The van der Waals surface area contributed by atoms with Crippen LogP contribution in [0.25, 0.3) is 0 Å². The molecule has 264 valence electrons. The molecule has 0 saturated carbocycles. The second-order valence-electron chi connectivity index (χ2n) is 16.5. The Morgan fingerprint density at radius 1 is 0.938 bits per heavy atom.